The number of anilines is 4. The van der Waals surface area contributed by atoms with Crippen LogP contribution in [0.25, 0.3) is 0 Å². The highest BCUT2D eigenvalue weighted by atomic mass is 35.5. The number of nitrogens with one attached hydrogen (secondary N) is 2. The molecule has 2 aromatic carbocycles. The molecule has 3 rings (SSSR count). The molecule has 1 heterocycles. The van der Waals surface area contributed by atoms with Crippen LogP contribution in [0.15, 0.2) is 42.6 Å². The maximum Gasteiger partial charge on any atom is 0.249 e. The Morgan fingerprint density at radius 2 is 1.84 bits per heavy atom. The van der Waals surface area contributed by atoms with Crippen LogP contribution in [0, 0.1) is 0 Å². The fourth-order valence-electron chi connectivity index (χ4n) is 2.05. The minimum Gasteiger partial charge on any atom is -0.495 e. The number of benzene rings is 2. The summed E-state index contributed by atoms with van der Waals surface area (Å²) in [5.74, 6) is 1.33. The number of hydrogen-bond acceptors (Lipinski definition) is 6. The van der Waals surface area contributed by atoms with Gasteiger partial charge in [0.1, 0.15) is 5.75 Å². The van der Waals surface area contributed by atoms with E-state index in [4.69, 9.17) is 39.5 Å². The van der Waals surface area contributed by atoms with Crippen molar-refractivity contribution in [2.45, 2.75) is 0 Å². The smallest absolute Gasteiger partial charge is 0.249 e. The molecule has 1 aromatic heterocycles. The molecule has 0 aliphatic rings. The molecule has 25 heavy (non-hydrogen) atoms. The molecule has 0 aliphatic carbocycles. The molecule has 0 atom stereocenters. The minimum atomic E-state index is 0.259. The molecular formula is C16H12Cl3N5O. The fraction of sp³-hybridized carbons (Fsp3) is 0.0625. The van der Waals surface area contributed by atoms with Gasteiger partial charge in [0.05, 0.1) is 34.7 Å². The number of ether oxygens (including phenoxy) is 1. The van der Waals surface area contributed by atoms with Crippen LogP contribution < -0.4 is 15.4 Å². The highest BCUT2D eigenvalue weighted by Crippen LogP contribution is 2.32. The van der Waals surface area contributed by atoms with E-state index in [1.54, 1.807) is 43.5 Å². The van der Waals surface area contributed by atoms with Crippen molar-refractivity contribution in [3.63, 3.8) is 0 Å². The van der Waals surface area contributed by atoms with Crippen LogP contribution in [0.3, 0.4) is 0 Å². The van der Waals surface area contributed by atoms with Crippen LogP contribution in [-0.4, -0.2) is 22.3 Å². The molecular weight excluding hydrogens is 385 g/mol. The molecule has 2 N–H and O–H groups in total. The molecule has 0 bridgehead atoms. The van der Waals surface area contributed by atoms with Crippen LogP contribution in [0.2, 0.25) is 15.1 Å². The van der Waals surface area contributed by atoms with Gasteiger partial charge in [-0.05, 0) is 30.3 Å². The lowest BCUT2D eigenvalue weighted by Gasteiger charge is -2.12. The summed E-state index contributed by atoms with van der Waals surface area (Å²) in [6.07, 6.45) is 1.48. The van der Waals surface area contributed by atoms with Crippen LogP contribution in [0.5, 0.6) is 5.75 Å². The topological polar surface area (TPSA) is 72.0 Å². The van der Waals surface area contributed by atoms with Gasteiger partial charge in [-0.25, -0.2) is 0 Å². The van der Waals surface area contributed by atoms with Crippen molar-refractivity contribution in [1.82, 2.24) is 15.2 Å². The summed E-state index contributed by atoms with van der Waals surface area (Å²) in [5, 5.41) is 15.3. The molecule has 3 aromatic rings. The molecule has 0 saturated heterocycles. The maximum absolute atomic E-state index is 6.15. The van der Waals surface area contributed by atoms with Crippen molar-refractivity contribution >= 4 is 57.9 Å². The summed E-state index contributed by atoms with van der Waals surface area (Å²) < 4.78 is 5.29. The minimum absolute atomic E-state index is 0.259. The van der Waals surface area contributed by atoms with Crippen LogP contribution in [0.1, 0.15) is 0 Å². The van der Waals surface area contributed by atoms with E-state index in [9.17, 15) is 0 Å². The van der Waals surface area contributed by atoms with Crippen molar-refractivity contribution < 1.29 is 4.74 Å². The Morgan fingerprint density at radius 1 is 1.00 bits per heavy atom. The molecule has 6 nitrogen and oxygen atoms in total. The first-order chi connectivity index (χ1) is 12.1. The zero-order valence-corrected chi connectivity index (χ0v) is 15.2. The van der Waals surface area contributed by atoms with E-state index in [-0.39, 0.29) is 5.95 Å². The van der Waals surface area contributed by atoms with E-state index in [0.29, 0.717) is 38.0 Å². The third-order valence-corrected chi connectivity index (χ3v) is 4.24. The quantitative estimate of drug-likeness (QED) is 0.607. The van der Waals surface area contributed by atoms with Gasteiger partial charge in [-0.3, -0.25) is 0 Å². The van der Waals surface area contributed by atoms with E-state index in [0.717, 1.165) is 0 Å². The van der Waals surface area contributed by atoms with Gasteiger partial charge in [0.15, 0.2) is 5.82 Å². The van der Waals surface area contributed by atoms with E-state index in [2.05, 4.69) is 25.8 Å². The first kappa shape index (κ1) is 17.5. The van der Waals surface area contributed by atoms with Crippen LogP contribution in [0.4, 0.5) is 23.1 Å². The first-order valence-corrected chi connectivity index (χ1v) is 8.21. The summed E-state index contributed by atoms with van der Waals surface area (Å²) in [6.45, 7) is 0. The monoisotopic (exact) mass is 395 g/mol. The van der Waals surface area contributed by atoms with Gasteiger partial charge in [0.2, 0.25) is 5.95 Å². The average molecular weight is 397 g/mol. The van der Waals surface area contributed by atoms with Gasteiger partial charge in [0.25, 0.3) is 0 Å². The second-order valence-electron chi connectivity index (χ2n) is 4.86. The van der Waals surface area contributed by atoms with Crippen molar-refractivity contribution in [2.75, 3.05) is 17.7 Å². The molecule has 0 saturated carbocycles. The SMILES string of the molecule is COc1ccc(Cl)cc1Nc1cnnc(Nc2cccc(Cl)c2Cl)n1. The number of rotatable bonds is 5. The number of methoxy groups -OCH3 is 1. The largest absolute Gasteiger partial charge is 0.495 e. The highest BCUT2D eigenvalue weighted by Gasteiger charge is 2.09. The van der Waals surface area contributed by atoms with Crippen LogP contribution >= 0.6 is 34.8 Å². The molecule has 128 valence electrons. The third-order valence-electron chi connectivity index (χ3n) is 3.18. The van der Waals surface area contributed by atoms with Crippen molar-refractivity contribution in [3.05, 3.63) is 57.7 Å². The molecule has 0 fully saturated rings. The molecule has 0 aliphatic heterocycles. The second-order valence-corrected chi connectivity index (χ2v) is 6.08. The highest BCUT2D eigenvalue weighted by molar-refractivity contribution is 6.43. The molecule has 0 radical (unpaired) electrons. The summed E-state index contributed by atoms with van der Waals surface area (Å²) in [6, 6.07) is 10.4. The van der Waals surface area contributed by atoms with Gasteiger partial charge >= 0.3 is 0 Å². The summed E-state index contributed by atoms with van der Waals surface area (Å²) in [5.41, 5.74) is 1.23. The lowest BCUT2D eigenvalue weighted by Crippen LogP contribution is -2.03. The van der Waals surface area contributed by atoms with E-state index < -0.39 is 0 Å². The molecule has 0 unspecified atom stereocenters. The third kappa shape index (κ3) is 4.22. The molecule has 0 spiro atoms. The molecule has 0 amide bonds. The van der Waals surface area contributed by atoms with Gasteiger partial charge < -0.3 is 15.4 Å². The Hall–Kier alpha value is -2.28. The second kappa shape index (κ2) is 7.74. The van der Waals surface area contributed by atoms with Gasteiger partial charge in [-0.2, -0.15) is 10.1 Å². The first-order valence-electron chi connectivity index (χ1n) is 7.08. The predicted molar refractivity (Wildman–Crippen MR) is 101 cm³/mol. The number of nitrogens with zero attached hydrogens (tertiary/aromatic N) is 3. The van der Waals surface area contributed by atoms with Gasteiger partial charge in [0, 0.05) is 5.02 Å². The van der Waals surface area contributed by atoms with E-state index in [1.807, 2.05) is 0 Å². The maximum atomic E-state index is 6.15. The normalized spacial score (nSPS) is 10.4. The zero-order chi connectivity index (χ0) is 17.8. The zero-order valence-electron chi connectivity index (χ0n) is 12.9. The Bertz CT molecular complexity index is 907. The van der Waals surface area contributed by atoms with E-state index in [1.165, 1.54) is 6.20 Å². The van der Waals surface area contributed by atoms with Crippen molar-refractivity contribution in [3.8, 4) is 5.75 Å². The Labute approximate surface area is 159 Å². The Balaban J connectivity index is 1.85. The van der Waals surface area contributed by atoms with Gasteiger partial charge in [-0.15, -0.1) is 5.10 Å². The predicted octanol–water partition coefficient (Wildman–Crippen LogP) is 5.33. The van der Waals surface area contributed by atoms with E-state index >= 15 is 0 Å². The van der Waals surface area contributed by atoms with Crippen LogP contribution in [-0.2, 0) is 0 Å². The Kier molecular flexibility index (Phi) is 5.43. The van der Waals surface area contributed by atoms with Crippen molar-refractivity contribution in [2.24, 2.45) is 0 Å². The summed E-state index contributed by atoms with van der Waals surface area (Å²) in [4.78, 5) is 4.34. The fourth-order valence-corrected chi connectivity index (χ4v) is 2.57. The summed E-state index contributed by atoms with van der Waals surface area (Å²) >= 11 is 18.2. The van der Waals surface area contributed by atoms with Crippen molar-refractivity contribution in [1.29, 1.82) is 0 Å². The number of halogens is 3. The average Bonchev–Trinajstić information content (AvgIpc) is 2.60. The lowest BCUT2D eigenvalue weighted by atomic mass is 10.3. The number of aromatic nitrogens is 3. The molecule has 9 heteroatoms. The van der Waals surface area contributed by atoms with Gasteiger partial charge in [-0.1, -0.05) is 40.9 Å². The Morgan fingerprint density at radius 3 is 2.64 bits per heavy atom. The standard InChI is InChI=1S/C16H12Cl3N5O/c1-25-13-6-5-9(17)7-12(13)21-14-8-20-24-16(23-14)22-11-4-2-3-10(18)15(11)19/h2-8H,1H3,(H2,21,22,23,24). The number of hydrogen-bond donors (Lipinski definition) is 2. The summed E-state index contributed by atoms with van der Waals surface area (Å²) in [7, 11) is 1.57. The lowest BCUT2D eigenvalue weighted by molar-refractivity contribution is 0.417.